The molecule has 5 rings (SSSR count). The van der Waals surface area contributed by atoms with Gasteiger partial charge in [-0.3, -0.25) is 4.79 Å². The SMILES string of the molecule is Cc1cccc2nc(C(=O)N3CCC[C@@]4(C[C@@H](Oc5ccccc5)CO4)C3)cn12. The molecule has 4 heterocycles. The molecule has 1 spiro atoms. The molecule has 150 valence electrons. The standard InChI is InChI=1S/C23H25N3O3/c1-17-7-5-10-21-24-20(14-26(17)21)22(27)25-12-6-11-23(16-25)13-19(15-28-23)29-18-8-3-2-4-9-18/h2-5,7-10,14,19H,6,11-13,15-16H2,1H3/t19-,23-/m1/s1. The highest BCUT2D eigenvalue weighted by Crippen LogP contribution is 2.36. The summed E-state index contributed by atoms with van der Waals surface area (Å²) >= 11 is 0. The molecule has 2 aromatic heterocycles. The van der Waals surface area contributed by atoms with E-state index in [-0.39, 0.29) is 17.6 Å². The molecule has 6 heteroatoms. The summed E-state index contributed by atoms with van der Waals surface area (Å²) in [7, 11) is 0. The number of carbonyl (C=O) groups excluding carboxylic acids is 1. The third-order valence-electron chi connectivity index (χ3n) is 5.96. The fourth-order valence-electron chi connectivity index (χ4n) is 4.54. The number of para-hydroxylation sites is 1. The normalized spacial score (nSPS) is 24.3. The number of imidazole rings is 1. The number of ether oxygens (including phenoxy) is 2. The minimum atomic E-state index is -0.317. The maximum absolute atomic E-state index is 13.2. The van der Waals surface area contributed by atoms with Crippen LogP contribution in [0.3, 0.4) is 0 Å². The van der Waals surface area contributed by atoms with Crippen LogP contribution in [0.15, 0.2) is 54.7 Å². The van der Waals surface area contributed by atoms with Crippen LogP contribution in [0.4, 0.5) is 0 Å². The van der Waals surface area contributed by atoms with Crippen molar-refractivity contribution in [3.8, 4) is 5.75 Å². The summed E-state index contributed by atoms with van der Waals surface area (Å²) in [6.07, 6.45) is 4.54. The number of likely N-dealkylation sites (tertiary alicyclic amines) is 1. The number of carbonyl (C=O) groups is 1. The summed E-state index contributed by atoms with van der Waals surface area (Å²) in [6.45, 7) is 3.90. The number of nitrogens with zero attached hydrogens (tertiary/aromatic N) is 3. The molecule has 0 saturated carbocycles. The molecule has 0 N–H and O–H groups in total. The van der Waals surface area contributed by atoms with Gasteiger partial charge in [-0.05, 0) is 44.0 Å². The van der Waals surface area contributed by atoms with E-state index >= 15 is 0 Å². The average Bonchev–Trinajstić information content (AvgIpc) is 3.34. The lowest BCUT2D eigenvalue weighted by Crippen LogP contribution is -2.50. The molecular formula is C23H25N3O3. The fourth-order valence-corrected chi connectivity index (χ4v) is 4.54. The maximum Gasteiger partial charge on any atom is 0.274 e. The number of piperidine rings is 1. The number of fused-ring (bicyclic) bond motifs is 1. The predicted molar refractivity (Wildman–Crippen MR) is 109 cm³/mol. The number of amides is 1. The van der Waals surface area contributed by atoms with E-state index in [4.69, 9.17) is 9.47 Å². The number of benzene rings is 1. The van der Waals surface area contributed by atoms with Gasteiger partial charge in [0.25, 0.3) is 5.91 Å². The molecule has 2 aliphatic heterocycles. The molecule has 2 saturated heterocycles. The van der Waals surface area contributed by atoms with Crippen LogP contribution in [0.2, 0.25) is 0 Å². The van der Waals surface area contributed by atoms with Crippen LogP contribution >= 0.6 is 0 Å². The van der Waals surface area contributed by atoms with Crippen LogP contribution in [0.5, 0.6) is 5.75 Å². The lowest BCUT2D eigenvalue weighted by molar-refractivity contribution is -0.0454. The molecule has 0 aliphatic carbocycles. The van der Waals surface area contributed by atoms with Gasteiger partial charge in [-0.1, -0.05) is 24.3 Å². The Labute approximate surface area is 170 Å². The van der Waals surface area contributed by atoms with Crippen molar-refractivity contribution in [3.63, 3.8) is 0 Å². The molecule has 6 nitrogen and oxygen atoms in total. The first-order chi connectivity index (χ1) is 14.1. The number of pyridine rings is 1. The van der Waals surface area contributed by atoms with Crippen LogP contribution in [-0.2, 0) is 4.74 Å². The molecule has 1 amide bonds. The van der Waals surface area contributed by atoms with Gasteiger partial charge >= 0.3 is 0 Å². The van der Waals surface area contributed by atoms with Gasteiger partial charge in [0.15, 0.2) is 0 Å². The number of aromatic nitrogens is 2. The zero-order valence-electron chi connectivity index (χ0n) is 16.6. The first-order valence-electron chi connectivity index (χ1n) is 10.2. The van der Waals surface area contributed by atoms with E-state index in [1.165, 1.54) is 0 Å². The van der Waals surface area contributed by atoms with Gasteiger partial charge in [-0.2, -0.15) is 0 Å². The summed E-state index contributed by atoms with van der Waals surface area (Å²) in [5.74, 6) is 0.838. The van der Waals surface area contributed by atoms with Gasteiger partial charge in [-0.15, -0.1) is 0 Å². The lowest BCUT2D eigenvalue weighted by Gasteiger charge is -2.39. The molecule has 29 heavy (non-hydrogen) atoms. The zero-order chi connectivity index (χ0) is 19.8. The van der Waals surface area contributed by atoms with E-state index in [1.54, 1.807) is 0 Å². The number of hydrogen-bond acceptors (Lipinski definition) is 4. The average molecular weight is 391 g/mol. The first-order valence-corrected chi connectivity index (χ1v) is 10.2. The Morgan fingerprint density at radius 1 is 1.21 bits per heavy atom. The molecule has 0 radical (unpaired) electrons. The van der Waals surface area contributed by atoms with Crippen molar-refractivity contribution in [2.45, 2.75) is 37.9 Å². The van der Waals surface area contributed by atoms with E-state index in [0.29, 0.717) is 18.8 Å². The highest BCUT2D eigenvalue weighted by Gasteiger charge is 2.45. The Bertz CT molecular complexity index is 1030. The van der Waals surface area contributed by atoms with Gasteiger partial charge in [0.05, 0.1) is 18.8 Å². The Morgan fingerprint density at radius 2 is 2.07 bits per heavy atom. The van der Waals surface area contributed by atoms with Gasteiger partial charge in [0.1, 0.15) is 23.2 Å². The maximum atomic E-state index is 13.2. The molecule has 0 unspecified atom stereocenters. The van der Waals surface area contributed by atoms with Crippen molar-refractivity contribution < 1.29 is 14.3 Å². The Morgan fingerprint density at radius 3 is 2.90 bits per heavy atom. The zero-order valence-corrected chi connectivity index (χ0v) is 16.6. The minimum Gasteiger partial charge on any atom is -0.488 e. The van der Waals surface area contributed by atoms with Crippen LogP contribution in [-0.4, -0.2) is 51.6 Å². The highest BCUT2D eigenvalue weighted by molar-refractivity contribution is 5.93. The number of aryl methyl sites for hydroxylation is 1. The fraction of sp³-hybridized carbons (Fsp3) is 0.391. The van der Waals surface area contributed by atoms with Crippen molar-refractivity contribution in [2.75, 3.05) is 19.7 Å². The summed E-state index contributed by atoms with van der Waals surface area (Å²) in [6, 6.07) is 15.7. The summed E-state index contributed by atoms with van der Waals surface area (Å²) < 4.78 is 14.3. The molecule has 2 atom stereocenters. The molecule has 1 aromatic carbocycles. The van der Waals surface area contributed by atoms with E-state index in [0.717, 1.165) is 42.9 Å². The van der Waals surface area contributed by atoms with Crippen molar-refractivity contribution in [2.24, 2.45) is 0 Å². The second kappa shape index (κ2) is 7.19. The molecular weight excluding hydrogens is 366 g/mol. The minimum absolute atomic E-state index is 0.0188. The van der Waals surface area contributed by atoms with Gasteiger partial charge in [0.2, 0.25) is 0 Å². The summed E-state index contributed by atoms with van der Waals surface area (Å²) in [4.78, 5) is 19.6. The van der Waals surface area contributed by atoms with E-state index in [9.17, 15) is 4.79 Å². The van der Waals surface area contributed by atoms with Gasteiger partial charge in [0, 0.05) is 24.9 Å². The van der Waals surface area contributed by atoms with Crippen LogP contribution in [0.1, 0.15) is 35.4 Å². The molecule has 3 aromatic rings. The smallest absolute Gasteiger partial charge is 0.274 e. The van der Waals surface area contributed by atoms with Crippen molar-refractivity contribution in [1.29, 1.82) is 0 Å². The monoisotopic (exact) mass is 391 g/mol. The number of rotatable bonds is 3. The first kappa shape index (κ1) is 18.2. The van der Waals surface area contributed by atoms with Crippen molar-refractivity contribution >= 4 is 11.6 Å². The Kier molecular flexibility index (Phi) is 4.51. The van der Waals surface area contributed by atoms with Gasteiger partial charge in [-0.25, -0.2) is 4.98 Å². The third kappa shape index (κ3) is 3.49. The third-order valence-corrected chi connectivity index (χ3v) is 5.96. The second-order valence-electron chi connectivity index (χ2n) is 8.10. The summed E-state index contributed by atoms with van der Waals surface area (Å²) in [5, 5.41) is 0. The largest absolute Gasteiger partial charge is 0.488 e. The van der Waals surface area contributed by atoms with E-state index in [2.05, 4.69) is 4.98 Å². The van der Waals surface area contributed by atoms with Crippen molar-refractivity contribution in [3.05, 3.63) is 66.1 Å². The van der Waals surface area contributed by atoms with E-state index in [1.807, 2.05) is 71.0 Å². The van der Waals surface area contributed by atoms with Crippen LogP contribution in [0.25, 0.3) is 5.65 Å². The predicted octanol–water partition coefficient (Wildman–Crippen LogP) is 3.49. The molecule has 2 fully saturated rings. The van der Waals surface area contributed by atoms with Gasteiger partial charge < -0.3 is 18.8 Å². The lowest BCUT2D eigenvalue weighted by atomic mass is 9.89. The quantitative estimate of drug-likeness (QED) is 0.686. The van der Waals surface area contributed by atoms with Crippen LogP contribution < -0.4 is 4.74 Å². The molecule has 0 bridgehead atoms. The topological polar surface area (TPSA) is 56.1 Å². The Balaban J connectivity index is 1.30. The summed E-state index contributed by atoms with van der Waals surface area (Å²) in [5.41, 5.74) is 2.03. The number of hydrogen-bond donors (Lipinski definition) is 0. The highest BCUT2D eigenvalue weighted by atomic mass is 16.6. The van der Waals surface area contributed by atoms with Crippen LogP contribution in [0, 0.1) is 6.92 Å². The van der Waals surface area contributed by atoms with Crippen molar-refractivity contribution in [1.82, 2.24) is 14.3 Å². The van der Waals surface area contributed by atoms with E-state index < -0.39 is 0 Å². The molecule has 2 aliphatic rings. The Hall–Kier alpha value is -2.86. The second-order valence-corrected chi connectivity index (χ2v) is 8.10.